The van der Waals surface area contributed by atoms with Crippen molar-refractivity contribution in [2.45, 2.75) is 44.9 Å². The first-order valence-corrected chi connectivity index (χ1v) is 7.05. The summed E-state index contributed by atoms with van der Waals surface area (Å²) in [6.07, 6.45) is -3.98. The fourth-order valence-electron chi connectivity index (χ4n) is 1.91. The van der Waals surface area contributed by atoms with Crippen LogP contribution in [0.2, 0.25) is 0 Å². The summed E-state index contributed by atoms with van der Waals surface area (Å²) in [5, 5.41) is 38.9. The van der Waals surface area contributed by atoms with E-state index in [-0.39, 0.29) is 24.5 Å². The molecule has 8 heteroatoms. The largest absolute Gasteiger partial charge is 0.462 e. The molecule has 22 heavy (non-hydrogen) atoms. The molecule has 0 aromatic heterocycles. The zero-order valence-electron chi connectivity index (χ0n) is 12.5. The summed E-state index contributed by atoms with van der Waals surface area (Å²) in [6, 6.07) is 5.24. The molecule has 4 unspecified atom stereocenters. The molecule has 1 heterocycles. The van der Waals surface area contributed by atoms with Crippen molar-refractivity contribution in [3.8, 4) is 5.75 Å². The maximum Gasteiger partial charge on any atom is 0.269 e. The monoisotopic (exact) mass is 315 g/mol. The van der Waals surface area contributed by atoms with Gasteiger partial charge in [0.05, 0.1) is 23.7 Å². The number of hydrogen-bond acceptors (Lipinski definition) is 7. The lowest BCUT2D eigenvalue weighted by atomic mass is 10.0. The summed E-state index contributed by atoms with van der Waals surface area (Å²) < 4.78 is 10.6. The highest BCUT2D eigenvalue weighted by Crippen LogP contribution is 2.25. The number of ether oxygens (including phenoxy) is 2. The Kier molecular flexibility index (Phi) is 7.19. The fraction of sp³-hybridized carbons (Fsp3) is 0.571. The molecule has 1 fully saturated rings. The van der Waals surface area contributed by atoms with E-state index in [0.29, 0.717) is 0 Å². The maximum absolute atomic E-state index is 10.5. The lowest BCUT2D eigenvalue weighted by Gasteiger charge is -2.36. The molecule has 1 aliphatic heterocycles. The van der Waals surface area contributed by atoms with Gasteiger partial charge < -0.3 is 24.8 Å². The molecule has 1 saturated heterocycles. The molecule has 1 aliphatic rings. The minimum atomic E-state index is -1.26. The molecule has 8 nitrogen and oxygen atoms in total. The topological polar surface area (TPSA) is 122 Å². The van der Waals surface area contributed by atoms with Gasteiger partial charge in [0.1, 0.15) is 11.9 Å². The van der Waals surface area contributed by atoms with Gasteiger partial charge in [0.2, 0.25) is 6.29 Å². The van der Waals surface area contributed by atoms with Crippen LogP contribution in [0, 0.1) is 10.1 Å². The molecule has 3 N–H and O–H groups in total. The van der Waals surface area contributed by atoms with Crippen molar-refractivity contribution in [2.24, 2.45) is 0 Å². The van der Waals surface area contributed by atoms with Gasteiger partial charge in [0, 0.05) is 18.6 Å². The Bertz CT molecular complexity index is 465. The number of hydrogen-bond donors (Lipinski definition) is 3. The summed E-state index contributed by atoms with van der Waals surface area (Å²) in [7, 11) is 0. The molecule has 2 rings (SSSR count). The Labute approximate surface area is 128 Å². The van der Waals surface area contributed by atoms with E-state index in [1.807, 2.05) is 13.8 Å². The summed E-state index contributed by atoms with van der Waals surface area (Å²) in [6.45, 7) is 3.70. The van der Waals surface area contributed by atoms with Crippen LogP contribution in [0.15, 0.2) is 24.3 Å². The van der Waals surface area contributed by atoms with Crippen LogP contribution in [-0.2, 0) is 4.74 Å². The Hall–Kier alpha value is -1.74. The number of benzene rings is 1. The average Bonchev–Trinajstić information content (AvgIpc) is 2.54. The van der Waals surface area contributed by atoms with Gasteiger partial charge in [-0.1, -0.05) is 13.8 Å². The maximum atomic E-state index is 10.5. The number of aliphatic hydroxyl groups excluding tert-OH is 3. The fourth-order valence-corrected chi connectivity index (χ4v) is 1.91. The van der Waals surface area contributed by atoms with E-state index >= 15 is 0 Å². The van der Waals surface area contributed by atoms with Crippen molar-refractivity contribution in [1.82, 2.24) is 0 Å². The number of rotatable bonds is 4. The highest BCUT2D eigenvalue weighted by Gasteiger charge is 2.38. The lowest BCUT2D eigenvalue weighted by Crippen LogP contribution is -2.51. The standard InChI is InChI=1S/C12H15NO7.C2H6/c14-6-9-5-10(15)11(16)12(20-9)19-8-3-1-7(2-4-8)13(17)18;1-2/h1-4,9-12,14-16H,5-6H2;1-2H3. The minimum Gasteiger partial charge on any atom is -0.462 e. The second kappa shape index (κ2) is 8.64. The van der Waals surface area contributed by atoms with Crippen molar-refractivity contribution in [1.29, 1.82) is 0 Å². The molecule has 0 radical (unpaired) electrons. The number of nitro groups is 1. The molecule has 1 aromatic rings. The minimum absolute atomic E-state index is 0.0873. The third kappa shape index (κ3) is 4.63. The van der Waals surface area contributed by atoms with Gasteiger partial charge >= 0.3 is 0 Å². The third-order valence-corrected chi connectivity index (χ3v) is 3.01. The first-order valence-electron chi connectivity index (χ1n) is 7.05. The van der Waals surface area contributed by atoms with Crippen LogP contribution in [0.4, 0.5) is 5.69 Å². The zero-order valence-corrected chi connectivity index (χ0v) is 12.5. The van der Waals surface area contributed by atoms with Crippen molar-refractivity contribution >= 4 is 5.69 Å². The first-order chi connectivity index (χ1) is 10.5. The van der Waals surface area contributed by atoms with Crippen molar-refractivity contribution in [3.63, 3.8) is 0 Å². The number of nitrogens with zero attached hydrogens (tertiary/aromatic N) is 1. The van der Waals surface area contributed by atoms with Crippen LogP contribution in [0.3, 0.4) is 0 Å². The van der Waals surface area contributed by atoms with Crippen LogP contribution in [0.5, 0.6) is 5.75 Å². The van der Waals surface area contributed by atoms with Gasteiger partial charge in [0.25, 0.3) is 5.69 Å². The van der Waals surface area contributed by atoms with Gasteiger partial charge in [-0.05, 0) is 12.1 Å². The van der Waals surface area contributed by atoms with E-state index in [2.05, 4.69) is 0 Å². The zero-order chi connectivity index (χ0) is 16.7. The lowest BCUT2D eigenvalue weighted by molar-refractivity contribution is -0.384. The molecular weight excluding hydrogens is 294 g/mol. The number of nitro benzene ring substituents is 1. The van der Waals surface area contributed by atoms with Crippen LogP contribution in [0.1, 0.15) is 20.3 Å². The Balaban J connectivity index is 0.00000116. The molecule has 4 atom stereocenters. The quantitative estimate of drug-likeness (QED) is 0.555. The second-order valence-electron chi connectivity index (χ2n) is 4.47. The summed E-state index contributed by atoms with van der Waals surface area (Å²) in [5.41, 5.74) is -0.0873. The van der Waals surface area contributed by atoms with E-state index in [9.17, 15) is 20.3 Å². The highest BCUT2D eigenvalue weighted by molar-refractivity contribution is 5.36. The van der Waals surface area contributed by atoms with Gasteiger partial charge in [-0.15, -0.1) is 0 Å². The molecule has 0 spiro atoms. The van der Waals surface area contributed by atoms with Crippen molar-refractivity contribution in [3.05, 3.63) is 34.4 Å². The van der Waals surface area contributed by atoms with Gasteiger partial charge in [0.15, 0.2) is 0 Å². The predicted octanol–water partition coefficient (Wildman–Crippen LogP) is 0.829. The van der Waals surface area contributed by atoms with Crippen molar-refractivity contribution < 1.29 is 29.7 Å². The first kappa shape index (κ1) is 18.3. The van der Waals surface area contributed by atoms with Crippen LogP contribution in [0.25, 0.3) is 0 Å². The number of aliphatic hydroxyl groups is 3. The van der Waals surface area contributed by atoms with E-state index in [1.165, 1.54) is 24.3 Å². The van der Waals surface area contributed by atoms with Crippen LogP contribution >= 0.6 is 0 Å². The highest BCUT2D eigenvalue weighted by atomic mass is 16.7. The van der Waals surface area contributed by atoms with Crippen LogP contribution < -0.4 is 4.74 Å². The predicted molar refractivity (Wildman–Crippen MR) is 77.4 cm³/mol. The summed E-state index contributed by atoms with van der Waals surface area (Å²) >= 11 is 0. The van der Waals surface area contributed by atoms with Gasteiger partial charge in [-0.3, -0.25) is 10.1 Å². The molecule has 0 saturated carbocycles. The average molecular weight is 315 g/mol. The SMILES string of the molecule is CC.O=[N+]([O-])c1ccc(OC2OC(CO)CC(O)C2O)cc1. The molecular formula is C14H21NO7. The number of non-ortho nitro benzene ring substituents is 1. The van der Waals surface area contributed by atoms with E-state index in [1.54, 1.807) is 0 Å². The van der Waals surface area contributed by atoms with E-state index < -0.39 is 29.5 Å². The summed E-state index contributed by atoms with van der Waals surface area (Å²) in [4.78, 5) is 9.98. The molecule has 1 aromatic carbocycles. The third-order valence-electron chi connectivity index (χ3n) is 3.01. The smallest absolute Gasteiger partial charge is 0.269 e. The normalized spacial score (nSPS) is 27.5. The Morgan fingerprint density at radius 2 is 1.91 bits per heavy atom. The summed E-state index contributed by atoms with van der Waals surface area (Å²) in [5.74, 6) is 0.255. The molecule has 0 aliphatic carbocycles. The van der Waals surface area contributed by atoms with Gasteiger partial charge in [-0.25, -0.2) is 0 Å². The Morgan fingerprint density at radius 1 is 1.32 bits per heavy atom. The van der Waals surface area contributed by atoms with Crippen LogP contribution in [-0.4, -0.2) is 51.5 Å². The Morgan fingerprint density at radius 3 is 2.41 bits per heavy atom. The molecule has 0 bridgehead atoms. The molecule has 124 valence electrons. The van der Waals surface area contributed by atoms with Gasteiger partial charge in [-0.2, -0.15) is 0 Å². The van der Waals surface area contributed by atoms with Crippen molar-refractivity contribution in [2.75, 3.05) is 6.61 Å². The molecule has 0 amide bonds. The van der Waals surface area contributed by atoms with E-state index in [4.69, 9.17) is 14.6 Å². The van der Waals surface area contributed by atoms with E-state index in [0.717, 1.165) is 0 Å². The second-order valence-corrected chi connectivity index (χ2v) is 4.47.